The first kappa shape index (κ1) is 16.0. The molecule has 0 aromatic heterocycles. The van der Waals surface area contributed by atoms with Gasteiger partial charge in [0.15, 0.2) is 5.78 Å². The molecule has 0 aliphatic rings. The van der Waals surface area contributed by atoms with Crippen molar-refractivity contribution in [3.05, 3.63) is 29.8 Å². The highest BCUT2D eigenvalue weighted by atomic mass is 35.5. The van der Waals surface area contributed by atoms with E-state index in [-0.39, 0.29) is 30.0 Å². The van der Waals surface area contributed by atoms with E-state index in [9.17, 15) is 9.59 Å². The van der Waals surface area contributed by atoms with Crippen molar-refractivity contribution < 1.29 is 19.1 Å². The maximum absolute atomic E-state index is 11.3. The summed E-state index contributed by atoms with van der Waals surface area (Å²) in [5, 5.41) is 0. The topological polar surface area (TPSA) is 52.6 Å². The van der Waals surface area contributed by atoms with E-state index in [1.165, 1.54) is 11.8 Å². The zero-order valence-electron chi connectivity index (χ0n) is 10.6. The Morgan fingerprint density at radius 1 is 1.21 bits per heavy atom. The van der Waals surface area contributed by atoms with Crippen LogP contribution in [0.25, 0.3) is 0 Å². The number of ether oxygens (including phenoxy) is 2. The van der Waals surface area contributed by atoms with Crippen LogP contribution in [0.1, 0.15) is 10.4 Å². The molecule has 0 saturated carbocycles. The first-order chi connectivity index (χ1) is 9.17. The lowest BCUT2D eigenvalue weighted by molar-refractivity contribution is -0.141. The molecule has 1 rings (SSSR count). The zero-order chi connectivity index (χ0) is 14.1. The van der Waals surface area contributed by atoms with Crippen molar-refractivity contribution in [3.63, 3.8) is 0 Å². The Bertz CT molecular complexity index is 419. The lowest BCUT2D eigenvalue weighted by Crippen LogP contribution is -2.11. The number of methoxy groups -OCH3 is 1. The molecule has 1 aromatic rings. The Labute approximate surface area is 121 Å². The number of carbonyl (C=O) groups is 2. The van der Waals surface area contributed by atoms with E-state index >= 15 is 0 Å². The molecular formula is C13H15ClO4S. The minimum atomic E-state index is -0.289. The first-order valence-corrected chi connectivity index (χ1v) is 7.16. The Morgan fingerprint density at radius 3 is 2.47 bits per heavy atom. The van der Waals surface area contributed by atoms with Crippen LogP contribution in [0.5, 0.6) is 0 Å². The number of hydrogen-bond donors (Lipinski definition) is 0. The standard InChI is InChI=1S/C13H15ClO4S/c1-17-6-7-18-13(16)9-19-11-4-2-10(3-5-11)12(15)8-14/h2-5H,6-9H2,1H3. The molecule has 0 aliphatic heterocycles. The lowest BCUT2D eigenvalue weighted by Gasteiger charge is -2.04. The van der Waals surface area contributed by atoms with Gasteiger partial charge in [0.05, 0.1) is 18.2 Å². The number of alkyl halides is 1. The number of hydrogen-bond acceptors (Lipinski definition) is 5. The zero-order valence-corrected chi connectivity index (χ0v) is 12.1. The molecule has 0 spiro atoms. The summed E-state index contributed by atoms with van der Waals surface area (Å²) in [7, 11) is 1.55. The van der Waals surface area contributed by atoms with Crippen LogP contribution in [-0.2, 0) is 14.3 Å². The quantitative estimate of drug-likeness (QED) is 0.243. The van der Waals surface area contributed by atoms with Crippen molar-refractivity contribution in [3.8, 4) is 0 Å². The van der Waals surface area contributed by atoms with E-state index in [1.54, 1.807) is 31.4 Å². The van der Waals surface area contributed by atoms with Gasteiger partial charge in [-0.2, -0.15) is 0 Å². The van der Waals surface area contributed by atoms with E-state index in [1.807, 2.05) is 0 Å². The summed E-state index contributed by atoms with van der Waals surface area (Å²) in [5.74, 6) is -0.203. The third-order valence-corrected chi connectivity index (χ3v) is 3.43. The first-order valence-electron chi connectivity index (χ1n) is 5.64. The Morgan fingerprint density at radius 2 is 1.89 bits per heavy atom. The number of carbonyl (C=O) groups excluding carboxylic acids is 2. The van der Waals surface area contributed by atoms with Gasteiger partial charge in [-0.25, -0.2) is 0 Å². The number of esters is 1. The second-order valence-electron chi connectivity index (χ2n) is 3.58. The number of rotatable bonds is 8. The second kappa shape index (κ2) is 8.96. The van der Waals surface area contributed by atoms with Gasteiger partial charge in [0.1, 0.15) is 6.61 Å². The molecule has 0 N–H and O–H groups in total. The van der Waals surface area contributed by atoms with Gasteiger partial charge in [-0.05, 0) is 12.1 Å². The molecule has 0 heterocycles. The predicted octanol–water partition coefficient (Wildman–Crippen LogP) is 2.39. The Balaban J connectivity index is 2.37. The summed E-state index contributed by atoms with van der Waals surface area (Å²) in [4.78, 5) is 23.6. The molecule has 6 heteroatoms. The molecule has 0 saturated heterocycles. The predicted molar refractivity (Wildman–Crippen MR) is 75.1 cm³/mol. The lowest BCUT2D eigenvalue weighted by atomic mass is 10.1. The number of halogens is 1. The fraction of sp³-hybridized carbons (Fsp3) is 0.385. The minimum Gasteiger partial charge on any atom is -0.463 e. The van der Waals surface area contributed by atoms with Gasteiger partial charge in [-0.1, -0.05) is 12.1 Å². The van der Waals surface area contributed by atoms with Crippen LogP contribution in [0.4, 0.5) is 0 Å². The summed E-state index contributed by atoms with van der Waals surface area (Å²) in [6.07, 6.45) is 0. The van der Waals surface area contributed by atoms with Gasteiger partial charge in [0, 0.05) is 17.6 Å². The van der Waals surface area contributed by atoms with Crippen molar-refractivity contribution in [2.75, 3.05) is 32.0 Å². The van der Waals surface area contributed by atoms with Gasteiger partial charge < -0.3 is 9.47 Å². The summed E-state index contributed by atoms with van der Waals surface area (Å²) in [6.45, 7) is 0.657. The molecule has 1 aromatic carbocycles. The molecule has 0 amide bonds. The van der Waals surface area contributed by atoms with Crippen molar-refractivity contribution in [2.24, 2.45) is 0 Å². The van der Waals surface area contributed by atoms with Crippen LogP contribution in [-0.4, -0.2) is 43.7 Å². The normalized spacial score (nSPS) is 10.2. The van der Waals surface area contributed by atoms with E-state index < -0.39 is 0 Å². The molecule has 19 heavy (non-hydrogen) atoms. The third kappa shape index (κ3) is 6.09. The van der Waals surface area contributed by atoms with Gasteiger partial charge >= 0.3 is 5.97 Å². The average molecular weight is 303 g/mol. The fourth-order valence-electron chi connectivity index (χ4n) is 1.24. The largest absolute Gasteiger partial charge is 0.463 e. The molecule has 0 bridgehead atoms. The fourth-order valence-corrected chi connectivity index (χ4v) is 2.09. The van der Waals surface area contributed by atoms with Crippen molar-refractivity contribution >= 4 is 35.1 Å². The summed E-state index contributed by atoms with van der Waals surface area (Å²) in [6, 6.07) is 6.96. The van der Waals surface area contributed by atoms with Crippen LogP contribution in [0.3, 0.4) is 0 Å². The van der Waals surface area contributed by atoms with Crippen LogP contribution in [0.2, 0.25) is 0 Å². The number of Topliss-reactive ketones (excluding diaryl/α,β-unsaturated/α-hetero) is 1. The second-order valence-corrected chi connectivity index (χ2v) is 4.90. The number of benzene rings is 1. The highest BCUT2D eigenvalue weighted by molar-refractivity contribution is 8.00. The van der Waals surface area contributed by atoms with E-state index in [2.05, 4.69) is 0 Å². The minimum absolute atomic E-state index is 0.0294. The highest BCUT2D eigenvalue weighted by Gasteiger charge is 2.06. The summed E-state index contributed by atoms with van der Waals surface area (Å²) in [5.41, 5.74) is 0.571. The van der Waals surface area contributed by atoms with Crippen molar-refractivity contribution in [1.82, 2.24) is 0 Å². The van der Waals surface area contributed by atoms with Crippen molar-refractivity contribution in [1.29, 1.82) is 0 Å². The Kier molecular flexibility index (Phi) is 7.55. The number of ketones is 1. The van der Waals surface area contributed by atoms with Crippen molar-refractivity contribution in [2.45, 2.75) is 4.90 Å². The molecule has 0 aliphatic carbocycles. The molecule has 104 valence electrons. The Hall–Kier alpha value is -1.04. The molecule has 0 radical (unpaired) electrons. The van der Waals surface area contributed by atoms with E-state index in [0.717, 1.165) is 4.90 Å². The molecule has 0 atom stereocenters. The SMILES string of the molecule is COCCOC(=O)CSc1ccc(C(=O)CCl)cc1. The summed E-state index contributed by atoms with van der Waals surface area (Å²) < 4.78 is 9.70. The van der Waals surface area contributed by atoms with Crippen LogP contribution in [0.15, 0.2) is 29.2 Å². The average Bonchev–Trinajstić information content (AvgIpc) is 2.45. The van der Waals surface area contributed by atoms with E-state index in [4.69, 9.17) is 21.1 Å². The van der Waals surface area contributed by atoms with Gasteiger partial charge in [0.25, 0.3) is 0 Å². The van der Waals surface area contributed by atoms with E-state index in [0.29, 0.717) is 12.2 Å². The molecule has 0 unspecified atom stereocenters. The molecule has 4 nitrogen and oxygen atoms in total. The highest BCUT2D eigenvalue weighted by Crippen LogP contribution is 2.18. The third-order valence-electron chi connectivity index (χ3n) is 2.20. The molecule has 0 fully saturated rings. The van der Waals surface area contributed by atoms with Gasteiger partial charge in [-0.15, -0.1) is 23.4 Å². The maximum Gasteiger partial charge on any atom is 0.316 e. The maximum atomic E-state index is 11.3. The van der Waals surface area contributed by atoms with Gasteiger partial charge in [0.2, 0.25) is 0 Å². The van der Waals surface area contributed by atoms with Crippen LogP contribution in [0, 0.1) is 0 Å². The summed E-state index contributed by atoms with van der Waals surface area (Å²) >= 11 is 6.82. The van der Waals surface area contributed by atoms with Gasteiger partial charge in [-0.3, -0.25) is 9.59 Å². The van der Waals surface area contributed by atoms with Crippen LogP contribution < -0.4 is 0 Å². The monoisotopic (exact) mass is 302 g/mol. The smallest absolute Gasteiger partial charge is 0.316 e. The number of thioether (sulfide) groups is 1. The molecular weight excluding hydrogens is 288 g/mol. The van der Waals surface area contributed by atoms with Crippen LogP contribution >= 0.6 is 23.4 Å².